The van der Waals surface area contributed by atoms with E-state index in [4.69, 9.17) is 27.6 Å². The van der Waals surface area contributed by atoms with Crippen LogP contribution >= 0.6 is 23.2 Å². The molecule has 5 heteroatoms. The summed E-state index contributed by atoms with van der Waals surface area (Å²) in [4.78, 5) is 11.9. The van der Waals surface area contributed by atoms with Gasteiger partial charge < -0.3 is 9.73 Å². The van der Waals surface area contributed by atoms with Gasteiger partial charge in [-0.3, -0.25) is 4.79 Å². The quantitative estimate of drug-likeness (QED) is 0.822. The summed E-state index contributed by atoms with van der Waals surface area (Å²) in [6, 6.07) is 8.63. The van der Waals surface area contributed by atoms with E-state index in [1.165, 1.54) is 6.08 Å². The molecule has 21 heavy (non-hydrogen) atoms. The van der Waals surface area contributed by atoms with Crippen LogP contribution in [0.1, 0.15) is 30.0 Å². The Morgan fingerprint density at radius 1 is 1.29 bits per heavy atom. The zero-order valence-corrected chi connectivity index (χ0v) is 13.2. The SMILES string of the molecule is Cc1ccc(/C=C/C(=O)NC(C)c2ccc(Cl)cc2Cl)o1. The van der Waals surface area contributed by atoms with Crippen molar-refractivity contribution in [3.05, 3.63) is 63.5 Å². The van der Waals surface area contributed by atoms with Crippen molar-refractivity contribution >= 4 is 35.2 Å². The topological polar surface area (TPSA) is 42.2 Å². The second-order valence-corrected chi connectivity index (χ2v) is 5.52. The lowest BCUT2D eigenvalue weighted by molar-refractivity contribution is -0.117. The van der Waals surface area contributed by atoms with E-state index in [-0.39, 0.29) is 11.9 Å². The van der Waals surface area contributed by atoms with Gasteiger partial charge in [0.2, 0.25) is 5.91 Å². The van der Waals surface area contributed by atoms with Crippen LogP contribution in [0.5, 0.6) is 0 Å². The standard InChI is InChI=1S/C16H15Cl2NO2/c1-10-3-5-13(21-10)6-8-16(20)19-11(2)14-7-4-12(17)9-15(14)18/h3-9,11H,1-2H3,(H,19,20)/b8-6+. The molecule has 3 nitrogen and oxygen atoms in total. The van der Waals surface area contributed by atoms with Gasteiger partial charge in [-0.2, -0.15) is 0 Å². The summed E-state index contributed by atoms with van der Waals surface area (Å²) < 4.78 is 5.35. The van der Waals surface area contributed by atoms with Crippen molar-refractivity contribution in [2.75, 3.05) is 0 Å². The molecule has 1 atom stereocenters. The molecule has 2 aromatic rings. The molecule has 0 aliphatic heterocycles. The van der Waals surface area contributed by atoms with Gasteiger partial charge in [0.25, 0.3) is 0 Å². The highest BCUT2D eigenvalue weighted by Gasteiger charge is 2.11. The molecule has 0 aliphatic carbocycles. The molecule has 1 N–H and O–H groups in total. The number of benzene rings is 1. The second kappa shape index (κ2) is 6.83. The Balaban J connectivity index is 2.00. The van der Waals surface area contributed by atoms with Crippen LogP contribution in [-0.4, -0.2) is 5.91 Å². The fraction of sp³-hybridized carbons (Fsp3) is 0.188. The van der Waals surface area contributed by atoms with Gasteiger partial charge in [0.15, 0.2) is 0 Å². The van der Waals surface area contributed by atoms with E-state index in [0.717, 1.165) is 11.3 Å². The van der Waals surface area contributed by atoms with Crippen molar-refractivity contribution in [1.82, 2.24) is 5.32 Å². The van der Waals surface area contributed by atoms with Gasteiger partial charge in [-0.25, -0.2) is 0 Å². The molecule has 0 fully saturated rings. The van der Waals surface area contributed by atoms with E-state index < -0.39 is 0 Å². The summed E-state index contributed by atoms with van der Waals surface area (Å²) in [5, 5.41) is 3.93. The van der Waals surface area contributed by atoms with Gasteiger partial charge in [0.05, 0.1) is 6.04 Å². The molecule has 0 bridgehead atoms. The Hall–Kier alpha value is -1.71. The molecule has 0 saturated carbocycles. The van der Waals surface area contributed by atoms with Crippen LogP contribution in [0.4, 0.5) is 0 Å². The minimum absolute atomic E-state index is 0.217. The first-order valence-electron chi connectivity index (χ1n) is 6.45. The van der Waals surface area contributed by atoms with E-state index >= 15 is 0 Å². The molecule has 1 unspecified atom stereocenters. The highest BCUT2D eigenvalue weighted by atomic mass is 35.5. The van der Waals surface area contributed by atoms with E-state index in [9.17, 15) is 4.79 Å². The molecule has 1 aromatic heterocycles. The lowest BCUT2D eigenvalue weighted by Crippen LogP contribution is -2.24. The zero-order valence-electron chi connectivity index (χ0n) is 11.7. The van der Waals surface area contributed by atoms with Crippen LogP contribution in [0, 0.1) is 6.92 Å². The molecule has 1 aromatic carbocycles. The van der Waals surface area contributed by atoms with E-state index in [0.29, 0.717) is 15.8 Å². The average molecular weight is 324 g/mol. The molecule has 0 radical (unpaired) electrons. The Kier molecular flexibility index (Phi) is 5.10. The molecular formula is C16H15Cl2NO2. The normalized spacial score (nSPS) is 12.6. The van der Waals surface area contributed by atoms with Gasteiger partial charge in [-0.15, -0.1) is 0 Å². The van der Waals surface area contributed by atoms with Gasteiger partial charge in [0.1, 0.15) is 11.5 Å². The first-order valence-corrected chi connectivity index (χ1v) is 7.21. The number of aryl methyl sites for hydroxylation is 1. The predicted molar refractivity (Wildman–Crippen MR) is 85.5 cm³/mol. The predicted octanol–water partition coefficient (Wildman–Crippen LogP) is 4.79. The van der Waals surface area contributed by atoms with Gasteiger partial charge >= 0.3 is 0 Å². The number of halogens is 2. The molecule has 1 amide bonds. The minimum Gasteiger partial charge on any atom is -0.462 e. The van der Waals surface area contributed by atoms with Crippen LogP contribution in [0.2, 0.25) is 10.0 Å². The Bertz CT molecular complexity index is 677. The number of hydrogen-bond donors (Lipinski definition) is 1. The van der Waals surface area contributed by atoms with Gasteiger partial charge in [-0.05, 0) is 49.8 Å². The van der Waals surface area contributed by atoms with Gasteiger partial charge in [0, 0.05) is 16.1 Å². The maximum absolute atomic E-state index is 11.9. The van der Waals surface area contributed by atoms with Gasteiger partial charge in [-0.1, -0.05) is 29.3 Å². The lowest BCUT2D eigenvalue weighted by Gasteiger charge is -2.14. The summed E-state index contributed by atoms with van der Waals surface area (Å²) in [7, 11) is 0. The van der Waals surface area contributed by atoms with Crippen molar-refractivity contribution in [3.63, 3.8) is 0 Å². The number of furan rings is 1. The molecular weight excluding hydrogens is 309 g/mol. The smallest absolute Gasteiger partial charge is 0.244 e. The van der Waals surface area contributed by atoms with Crippen LogP contribution in [0.15, 0.2) is 40.8 Å². The maximum atomic E-state index is 11.9. The van der Waals surface area contributed by atoms with E-state index in [1.807, 2.05) is 19.9 Å². The number of rotatable bonds is 4. The number of carbonyl (C=O) groups excluding carboxylic acids is 1. The monoisotopic (exact) mass is 323 g/mol. The van der Waals surface area contributed by atoms with E-state index in [2.05, 4.69) is 5.32 Å². The van der Waals surface area contributed by atoms with Crippen molar-refractivity contribution in [2.24, 2.45) is 0 Å². The molecule has 0 aliphatic rings. The summed E-state index contributed by atoms with van der Waals surface area (Å²) in [6.45, 7) is 3.71. The summed E-state index contributed by atoms with van der Waals surface area (Å²) in [5.41, 5.74) is 0.816. The van der Waals surface area contributed by atoms with Crippen molar-refractivity contribution in [3.8, 4) is 0 Å². The van der Waals surface area contributed by atoms with Crippen LogP contribution in [0.3, 0.4) is 0 Å². The average Bonchev–Trinajstić information content (AvgIpc) is 2.82. The molecule has 2 rings (SSSR count). The van der Waals surface area contributed by atoms with Crippen molar-refractivity contribution in [1.29, 1.82) is 0 Å². The Labute approximate surface area is 133 Å². The Morgan fingerprint density at radius 2 is 2.05 bits per heavy atom. The minimum atomic E-state index is -0.220. The largest absolute Gasteiger partial charge is 0.462 e. The highest BCUT2D eigenvalue weighted by molar-refractivity contribution is 6.35. The van der Waals surface area contributed by atoms with Crippen molar-refractivity contribution in [2.45, 2.75) is 19.9 Å². The second-order valence-electron chi connectivity index (χ2n) is 4.68. The number of nitrogens with one attached hydrogen (secondary N) is 1. The summed E-state index contributed by atoms with van der Waals surface area (Å²) in [5.74, 6) is 1.22. The molecule has 0 saturated heterocycles. The third kappa shape index (κ3) is 4.38. The lowest BCUT2D eigenvalue weighted by atomic mass is 10.1. The number of amides is 1. The zero-order chi connectivity index (χ0) is 15.4. The molecule has 0 spiro atoms. The Morgan fingerprint density at radius 3 is 2.67 bits per heavy atom. The fourth-order valence-electron chi connectivity index (χ4n) is 1.89. The molecule has 1 heterocycles. The highest BCUT2D eigenvalue weighted by Crippen LogP contribution is 2.26. The van der Waals surface area contributed by atoms with E-state index in [1.54, 1.807) is 30.3 Å². The fourth-order valence-corrected chi connectivity index (χ4v) is 2.46. The van der Waals surface area contributed by atoms with Crippen LogP contribution in [0.25, 0.3) is 6.08 Å². The third-order valence-corrected chi connectivity index (χ3v) is 3.51. The first-order chi connectivity index (χ1) is 9.95. The third-order valence-electron chi connectivity index (χ3n) is 2.95. The molecule has 110 valence electrons. The summed E-state index contributed by atoms with van der Waals surface area (Å²) >= 11 is 12.0. The maximum Gasteiger partial charge on any atom is 0.244 e. The summed E-state index contributed by atoms with van der Waals surface area (Å²) in [6.07, 6.45) is 3.05. The number of carbonyl (C=O) groups is 1. The van der Waals surface area contributed by atoms with Crippen LogP contribution in [-0.2, 0) is 4.79 Å². The van der Waals surface area contributed by atoms with Crippen molar-refractivity contribution < 1.29 is 9.21 Å². The van der Waals surface area contributed by atoms with Crippen LogP contribution < -0.4 is 5.32 Å². The first kappa shape index (κ1) is 15.7. The number of hydrogen-bond acceptors (Lipinski definition) is 2.